The van der Waals surface area contributed by atoms with Gasteiger partial charge in [0.1, 0.15) is 0 Å². The van der Waals surface area contributed by atoms with E-state index in [0.29, 0.717) is 11.6 Å². The molecule has 0 radical (unpaired) electrons. The number of hydrogen-bond donors (Lipinski definition) is 0. The second kappa shape index (κ2) is 6.60. The highest BCUT2D eigenvalue weighted by atomic mass is 16.5. The Morgan fingerprint density at radius 3 is 2.64 bits per heavy atom. The maximum Gasteiger partial charge on any atom is 0.337 e. The number of nitrogens with zero attached hydrogens (tertiary/aromatic N) is 2. The summed E-state index contributed by atoms with van der Waals surface area (Å²) in [6.45, 7) is 0. The molecule has 2 aromatic rings. The van der Waals surface area contributed by atoms with Crippen LogP contribution in [0.15, 0.2) is 47.7 Å². The lowest BCUT2D eigenvalue weighted by molar-refractivity contribution is 0.0601. The van der Waals surface area contributed by atoms with Crippen molar-refractivity contribution < 1.29 is 9.53 Å². The monoisotopic (exact) mass is 296 g/mol. The van der Waals surface area contributed by atoms with Crippen LogP contribution in [-0.4, -0.2) is 23.9 Å². The van der Waals surface area contributed by atoms with Gasteiger partial charge in [-0.2, -0.15) is 0 Å². The predicted molar refractivity (Wildman–Crippen MR) is 87.0 cm³/mol. The van der Waals surface area contributed by atoms with Gasteiger partial charge in [-0.05, 0) is 43.2 Å². The minimum atomic E-state index is -0.329. The minimum absolute atomic E-state index is 0.329. The molecule has 3 rings (SSSR count). The summed E-state index contributed by atoms with van der Waals surface area (Å²) in [6.07, 6.45) is 11.4. The van der Waals surface area contributed by atoms with Crippen LogP contribution >= 0.6 is 0 Å². The SMILES string of the molecule is COC(=O)c1ccc(N=Cc2ccn(C3CCCC3)c2)cc1. The van der Waals surface area contributed by atoms with Crippen LogP contribution in [-0.2, 0) is 4.74 Å². The number of aromatic nitrogens is 1. The fourth-order valence-electron chi connectivity index (χ4n) is 2.89. The number of benzene rings is 1. The van der Waals surface area contributed by atoms with Gasteiger partial charge in [0.05, 0.1) is 18.4 Å². The van der Waals surface area contributed by atoms with Crippen LogP contribution in [0.4, 0.5) is 5.69 Å². The Morgan fingerprint density at radius 2 is 1.95 bits per heavy atom. The number of aliphatic imine (C=N–C) groups is 1. The smallest absolute Gasteiger partial charge is 0.337 e. The average Bonchev–Trinajstić information content (AvgIpc) is 3.23. The largest absolute Gasteiger partial charge is 0.465 e. The molecule has 1 aromatic carbocycles. The van der Waals surface area contributed by atoms with Gasteiger partial charge in [-0.15, -0.1) is 0 Å². The summed E-state index contributed by atoms with van der Waals surface area (Å²) in [4.78, 5) is 15.8. The quantitative estimate of drug-likeness (QED) is 0.628. The van der Waals surface area contributed by atoms with Crippen molar-refractivity contribution in [2.75, 3.05) is 7.11 Å². The van der Waals surface area contributed by atoms with Crippen LogP contribution in [0.2, 0.25) is 0 Å². The molecule has 1 fully saturated rings. The zero-order valence-electron chi connectivity index (χ0n) is 12.7. The summed E-state index contributed by atoms with van der Waals surface area (Å²) >= 11 is 0. The summed E-state index contributed by atoms with van der Waals surface area (Å²) in [7, 11) is 1.38. The number of carbonyl (C=O) groups excluding carboxylic acids is 1. The first-order chi connectivity index (χ1) is 10.8. The van der Waals surface area contributed by atoms with E-state index in [1.807, 2.05) is 18.3 Å². The van der Waals surface area contributed by atoms with Crippen LogP contribution in [0.5, 0.6) is 0 Å². The Hall–Kier alpha value is -2.36. The van der Waals surface area contributed by atoms with Crippen molar-refractivity contribution in [3.05, 3.63) is 53.9 Å². The lowest BCUT2D eigenvalue weighted by Crippen LogP contribution is -2.00. The third-order valence-electron chi connectivity index (χ3n) is 4.13. The summed E-state index contributed by atoms with van der Waals surface area (Å²) in [5, 5.41) is 0. The first kappa shape index (κ1) is 14.6. The van der Waals surface area contributed by atoms with Crippen molar-refractivity contribution in [2.45, 2.75) is 31.7 Å². The van der Waals surface area contributed by atoms with Gasteiger partial charge >= 0.3 is 5.97 Å². The first-order valence-corrected chi connectivity index (χ1v) is 7.66. The average molecular weight is 296 g/mol. The highest BCUT2D eigenvalue weighted by Crippen LogP contribution is 2.29. The van der Waals surface area contributed by atoms with E-state index in [2.05, 4.69) is 32.8 Å². The van der Waals surface area contributed by atoms with Crippen molar-refractivity contribution in [1.29, 1.82) is 0 Å². The fourth-order valence-corrected chi connectivity index (χ4v) is 2.89. The second-order valence-electron chi connectivity index (χ2n) is 5.63. The summed E-state index contributed by atoms with van der Waals surface area (Å²) in [5.74, 6) is -0.329. The molecule has 1 saturated carbocycles. The van der Waals surface area contributed by atoms with E-state index < -0.39 is 0 Å². The topological polar surface area (TPSA) is 43.6 Å². The van der Waals surface area contributed by atoms with Gasteiger partial charge in [0.2, 0.25) is 0 Å². The molecule has 0 N–H and O–H groups in total. The molecule has 0 atom stereocenters. The molecule has 1 aliphatic carbocycles. The Bertz CT molecular complexity index is 665. The van der Waals surface area contributed by atoms with Crippen molar-refractivity contribution in [1.82, 2.24) is 4.57 Å². The van der Waals surface area contributed by atoms with E-state index in [1.54, 1.807) is 12.1 Å². The van der Waals surface area contributed by atoms with Crippen molar-refractivity contribution in [2.24, 2.45) is 4.99 Å². The zero-order valence-corrected chi connectivity index (χ0v) is 12.7. The van der Waals surface area contributed by atoms with Crippen LogP contribution in [0.3, 0.4) is 0 Å². The fraction of sp³-hybridized carbons (Fsp3) is 0.333. The van der Waals surface area contributed by atoms with E-state index in [0.717, 1.165) is 11.3 Å². The molecule has 0 unspecified atom stereocenters. The van der Waals surface area contributed by atoms with Gasteiger partial charge in [-0.25, -0.2) is 4.79 Å². The summed E-state index contributed by atoms with van der Waals surface area (Å²) < 4.78 is 6.98. The molecule has 22 heavy (non-hydrogen) atoms. The zero-order chi connectivity index (χ0) is 15.4. The number of hydrogen-bond acceptors (Lipinski definition) is 3. The highest BCUT2D eigenvalue weighted by Gasteiger charge is 2.15. The molecule has 0 aliphatic heterocycles. The molecule has 0 amide bonds. The molecular weight excluding hydrogens is 276 g/mol. The van der Waals surface area contributed by atoms with Gasteiger partial charge in [0, 0.05) is 30.2 Å². The van der Waals surface area contributed by atoms with Gasteiger partial charge in [-0.3, -0.25) is 4.99 Å². The lowest BCUT2D eigenvalue weighted by Gasteiger charge is -2.10. The molecular formula is C18H20N2O2. The molecule has 0 saturated heterocycles. The number of methoxy groups -OCH3 is 1. The van der Waals surface area contributed by atoms with Crippen molar-refractivity contribution >= 4 is 17.9 Å². The van der Waals surface area contributed by atoms with Gasteiger partial charge in [-0.1, -0.05) is 12.8 Å². The van der Waals surface area contributed by atoms with Crippen molar-refractivity contribution in [3.63, 3.8) is 0 Å². The Kier molecular flexibility index (Phi) is 4.37. The standard InChI is InChI=1S/C18H20N2O2/c1-22-18(21)15-6-8-16(9-7-15)19-12-14-10-11-20(13-14)17-4-2-3-5-17/h6-13,17H,2-5H2,1H3. The van der Waals surface area contributed by atoms with Crippen LogP contribution in [0.25, 0.3) is 0 Å². The van der Waals surface area contributed by atoms with E-state index in [9.17, 15) is 4.79 Å². The van der Waals surface area contributed by atoms with Gasteiger partial charge in [0.15, 0.2) is 0 Å². The first-order valence-electron chi connectivity index (χ1n) is 7.66. The third kappa shape index (κ3) is 3.27. The summed E-state index contributed by atoms with van der Waals surface area (Å²) in [5.41, 5.74) is 2.46. The molecule has 1 aromatic heterocycles. The second-order valence-corrected chi connectivity index (χ2v) is 5.63. The molecule has 114 valence electrons. The molecule has 4 nitrogen and oxygen atoms in total. The van der Waals surface area contributed by atoms with Crippen LogP contribution in [0.1, 0.15) is 47.6 Å². The van der Waals surface area contributed by atoms with Gasteiger partial charge in [0.25, 0.3) is 0 Å². The van der Waals surface area contributed by atoms with Crippen LogP contribution in [0, 0.1) is 0 Å². The van der Waals surface area contributed by atoms with E-state index in [1.165, 1.54) is 32.8 Å². The Morgan fingerprint density at radius 1 is 1.23 bits per heavy atom. The normalized spacial score (nSPS) is 15.5. The maximum atomic E-state index is 11.4. The number of rotatable bonds is 4. The molecule has 0 spiro atoms. The number of esters is 1. The van der Waals surface area contributed by atoms with E-state index >= 15 is 0 Å². The van der Waals surface area contributed by atoms with Gasteiger partial charge < -0.3 is 9.30 Å². The van der Waals surface area contributed by atoms with Crippen molar-refractivity contribution in [3.8, 4) is 0 Å². The van der Waals surface area contributed by atoms with Crippen LogP contribution < -0.4 is 0 Å². The maximum absolute atomic E-state index is 11.4. The molecule has 1 aliphatic rings. The Labute approximate surface area is 130 Å². The minimum Gasteiger partial charge on any atom is -0.465 e. The number of ether oxygens (including phenoxy) is 1. The highest BCUT2D eigenvalue weighted by molar-refractivity contribution is 5.89. The van der Waals surface area contributed by atoms with E-state index in [4.69, 9.17) is 0 Å². The molecule has 0 bridgehead atoms. The Balaban J connectivity index is 1.67. The summed E-state index contributed by atoms with van der Waals surface area (Å²) in [6, 6.07) is 9.82. The molecule has 4 heteroatoms. The third-order valence-corrected chi connectivity index (χ3v) is 4.13. The predicted octanol–water partition coefficient (Wildman–Crippen LogP) is 4.14. The van der Waals surface area contributed by atoms with E-state index in [-0.39, 0.29) is 5.97 Å². The number of carbonyl (C=O) groups is 1. The molecule has 1 heterocycles. The lowest BCUT2D eigenvalue weighted by atomic mass is 10.2.